The summed E-state index contributed by atoms with van der Waals surface area (Å²) in [6, 6.07) is 13.6. The van der Waals surface area contributed by atoms with Crippen molar-refractivity contribution in [3.8, 4) is 11.4 Å². The van der Waals surface area contributed by atoms with E-state index >= 15 is 0 Å². The molecule has 0 radical (unpaired) electrons. The van der Waals surface area contributed by atoms with Crippen LogP contribution >= 0.6 is 11.6 Å². The molecule has 2 aromatic carbocycles. The molecule has 0 saturated heterocycles. The highest BCUT2D eigenvalue weighted by Crippen LogP contribution is 2.27. The number of ether oxygens (including phenoxy) is 2. The summed E-state index contributed by atoms with van der Waals surface area (Å²) in [5.74, 6) is -0.648. The first kappa shape index (κ1) is 20.4. The van der Waals surface area contributed by atoms with Gasteiger partial charge in [0.25, 0.3) is 5.91 Å². The molecule has 0 atom stereocenters. The van der Waals surface area contributed by atoms with Crippen molar-refractivity contribution in [1.82, 2.24) is 9.78 Å². The van der Waals surface area contributed by atoms with Crippen LogP contribution < -0.4 is 10.1 Å². The minimum Gasteiger partial charge on any atom is -0.495 e. The molecule has 3 aromatic rings. The number of carbonyl (C=O) groups is 2. The van der Waals surface area contributed by atoms with Gasteiger partial charge in [-0.25, -0.2) is 9.48 Å². The number of nitrogens with zero attached hydrogens (tertiary/aromatic N) is 2. The summed E-state index contributed by atoms with van der Waals surface area (Å²) in [5.41, 5.74) is 3.47. The lowest BCUT2D eigenvalue weighted by Crippen LogP contribution is -2.21. The molecule has 150 valence electrons. The minimum absolute atomic E-state index is 0.336. The number of carbonyl (C=O) groups excluding carboxylic acids is 2. The Morgan fingerprint density at radius 1 is 1.10 bits per heavy atom. The fraction of sp³-hybridized carbons (Fsp3) is 0.190. The van der Waals surface area contributed by atoms with Crippen molar-refractivity contribution in [3.05, 3.63) is 70.5 Å². The van der Waals surface area contributed by atoms with Gasteiger partial charge >= 0.3 is 5.97 Å². The Labute approximate surface area is 173 Å². The zero-order valence-electron chi connectivity index (χ0n) is 16.2. The van der Waals surface area contributed by atoms with Gasteiger partial charge in [0.05, 0.1) is 29.7 Å². The summed E-state index contributed by atoms with van der Waals surface area (Å²) in [7, 11) is 1.48. The lowest BCUT2D eigenvalue weighted by molar-refractivity contribution is -0.119. The Morgan fingerprint density at radius 3 is 2.45 bits per heavy atom. The highest BCUT2D eigenvalue weighted by atomic mass is 35.5. The maximum absolute atomic E-state index is 12.2. The molecule has 8 heteroatoms. The van der Waals surface area contributed by atoms with Crippen LogP contribution in [0, 0.1) is 13.8 Å². The first-order chi connectivity index (χ1) is 13.9. The molecule has 1 amide bonds. The number of methoxy groups -OCH3 is 1. The van der Waals surface area contributed by atoms with Gasteiger partial charge in [-0.1, -0.05) is 11.6 Å². The van der Waals surface area contributed by atoms with Crippen LogP contribution in [0.2, 0.25) is 5.02 Å². The molecule has 1 heterocycles. The Hall–Kier alpha value is -3.32. The molecule has 29 heavy (non-hydrogen) atoms. The van der Waals surface area contributed by atoms with Crippen LogP contribution in [0.4, 0.5) is 5.69 Å². The zero-order valence-corrected chi connectivity index (χ0v) is 17.0. The second-order valence-corrected chi connectivity index (χ2v) is 6.79. The molecule has 0 fully saturated rings. The van der Waals surface area contributed by atoms with E-state index in [4.69, 9.17) is 21.1 Å². The molecular formula is C21H20ClN3O4. The summed E-state index contributed by atoms with van der Waals surface area (Å²) < 4.78 is 12.0. The van der Waals surface area contributed by atoms with E-state index < -0.39 is 18.5 Å². The van der Waals surface area contributed by atoms with Crippen LogP contribution in [0.3, 0.4) is 0 Å². The van der Waals surface area contributed by atoms with Crippen molar-refractivity contribution in [2.75, 3.05) is 19.0 Å². The van der Waals surface area contributed by atoms with Gasteiger partial charge in [0, 0.05) is 10.7 Å². The van der Waals surface area contributed by atoms with Crippen LogP contribution in [0.5, 0.6) is 5.75 Å². The van der Waals surface area contributed by atoms with E-state index in [1.165, 1.54) is 7.11 Å². The molecule has 1 aromatic heterocycles. The Morgan fingerprint density at radius 2 is 1.83 bits per heavy atom. The molecule has 0 spiro atoms. The fourth-order valence-corrected chi connectivity index (χ4v) is 2.98. The monoisotopic (exact) mass is 413 g/mol. The zero-order chi connectivity index (χ0) is 21.0. The minimum atomic E-state index is -0.599. The average Bonchev–Trinajstić information content (AvgIpc) is 3.04. The Kier molecular flexibility index (Phi) is 6.19. The molecule has 1 N–H and O–H groups in total. The van der Waals surface area contributed by atoms with Crippen molar-refractivity contribution in [2.24, 2.45) is 0 Å². The molecule has 0 bridgehead atoms. The van der Waals surface area contributed by atoms with Gasteiger partial charge < -0.3 is 14.8 Å². The topological polar surface area (TPSA) is 82.5 Å². The number of halogens is 1. The van der Waals surface area contributed by atoms with Gasteiger partial charge in [-0.2, -0.15) is 5.10 Å². The summed E-state index contributed by atoms with van der Waals surface area (Å²) >= 11 is 5.93. The van der Waals surface area contributed by atoms with E-state index in [9.17, 15) is 9.59 Å². The lowest BCUT2D eigenvalue weighted by atomic mass is 10.2. The van der Waals surface area contributed by atoms with Crippen molar-refractivity contribution in [2.45, 2.75) is 13.8 Å². The van der Waals surface area contributed by atoms with Crippen molar-refractivity contribution >= 4 is 29.2 Å². The predicted molar refractivity (Wildman–Crippen MR) is 110 cm³/mol. The van der Waals surface area contributed by atoms with Crippen LogP contribution in [0.15, 0.2) is 48.5 Å². The molecule has 0 unspecified atom stereocenters. The van der Waals surface area contributed by atoms with Crippen LogP contribution in [0.1, 0.15) is 21.7 Å². The van der Waals surface area contributed by atoms with E-state index in [-0.39, 0.29) is 0 Å². The lowest BCUT2D eigenvalue weighted by Gasteiger charge is -2.11. The van der Waals surface area contributed by atoms with Crippen molar-refractivity contribution in [1.29, 1.82) is 0 Å². The first-order valence-corrected chi connectivity index (χ1v) is 9.19. The summed E-state index contributed by atoms with van der Waals surface area (Å²) in [6.45, 7) is 3.43. The molecular weight excluding hydrogens is 394 g/mol. The third kappa shape index (κ3) is 4.94. The van der Waals surface area contributed by atoms with Gasteiger partial charge in [0.15, 0.2) is 6.61 Å². The third-order valence-corrected chi connectivity index (χ3v) is 4.36. The highest BCUT2D eigenvalue weighted by molar-refractivity contribution is 6.31. The normalized spacial score (nSPS) is 10.5. The fourth-order valence-electron chi connectivity index (χ4n) is 2.81. The second-order valence-electron chi connectivity index (χ2n) is 6.35. The molecule has 0 aliphatic rings. The summed E-state index contributed by atoms with van der Waals surface area (Å²) in [4.78, 5) is 24.3. The van der Waals surface area contributed by atoms with Gasteiger partial charge in [-0.15, -0.1) is 0 Å². The second kappa shape index (κ2) is 8.79. The standard InChI is InChI=1S/C21H20ClN3O4/c1-13-10-14(2)25(24-13)17-7-4-15(5-8-17)21(27)29-12-20(26)23-18-11-16(22)6-9-19(18)28-3/h4-11H,12H2,1-3H3,(H,23,26). The predicted octanol–water partition coefficient (Wildman–Crippen LogP) is 3.95. The van der Waals surface area contributed by atoms with Crippen LogP contribution in [0.25, 0.3) is 5.69 Å². The van der Waals surface area contributed by atoms with Gasteiger partial charge in [-0.3, -0.25) is 4.79 Å². The first-order valence-electron chi connectivity index (χ1n) is 8.81. The summed E-state index contributed by atoms with van der Waals surface area (Å²) in [5, 5.41) is 7.46. The van der Waals surface area contributed by atoms with Crippen LogP contribution in [-0.2, 0) is 9.53 Å². The Balaban J connectivity index is 1.60. The quantitative estimate of drug-likeness (QED) is 0.619. The SMILES string of the molecule is COc1ccc(Cl)cc1NC(=O)COC(=O)c1ccc(-n2nc(C)cc2C)cc1. The number of hydrogen-bond acceptors (Lipinski definition) is 5. The Bertz CT molecular complexity index is 1040. The van der Waals surface area contributed by atoms with Crippen molar-refractivity contribution < 1.29 is 19.1 Å². The number of aromatic nitrogens is 2. The number of esters is 1. The number of amides is 1. The number of nitrogens with one attached hydrogen (secondary N) is 1. The van der Waals surface area contributed by atoms with Crippen molar-refractivity contribution in [3.63, 3.8) is 0 Å². The summed E-state index contributed by atoms with van der Waals surface area (Å²) in [6.07, 6.45) is 0. The van der Waals surface area contributed by atoms with Gasteiger partial charge in [0.1, 0.15) is 5.75 Å². The smallest absolute Gasteiger partial charge is 0.338 e. The largest absolute Gasteiger partial charge is 0.495 e. The molecule has 0 saturated carbocycles. The number of hydrogen-bond donors (Lipinski definition) is 1. The van der Waals surface area contributed by atoms with E-state index in [0.717, 1.165) is 17.1 Å². The number of benzene rings is 2. The van der Waals surface area contributed by atoms with E-state index in [1.807, 2.05) is 19.9 Å². The number of aryl methyl sites for hydroxylation is 2. The molecule has 0 aliphatic heterocycles. The highest BCUT2D eigenvalue weighted by Gasteiger charge is 2.13. The third-order valence-electron chi connectivity index (χ3n) is 4.13. The number of anilines is 1. The van der Waals surface area contributed by atoms with Crippen LogP contribution in [-0.4, -0.2) is 35.4 Å². The molecule has 7 nitrogen and oxygen atoms in total. The maximum atomic E-state index is 12.2. The molecule has 0 aliphatic carbocycles. The number of rotatable bonds is 6. The van der Waals surface area contributed by atoms with E-state index in [0.29, 0.717) is 22.0 Å². The molecule has 3 rings (SSSR count). The average molecular weight is 414 g/mol. The van der Waals surface area contributed by atoms with Gasteiger partial charge in [-0.05, 0) is 62.4 Å². The van der Waals surface area contributed by atoms with E-state index in [2.05, 4.69) is 10.4 Å². The van der Waals surface area contributed by atoms with E-state index in [1.54, 1.807) is 47.1 Å². The van der Waals surface area contributed by atoms with Gasteiger partial charge in [0.2, 0.25) is 0 Å². The maximum Gasteiger partial charge on any atom is 0.338 e.